The molecule has 0 radical (unpaired) electrons. The highest BCUT2D eigenvalue weighted by Crippen LogP contribution is 2.29. The monoisotopic (exact) mass is 313 g/mol. The molecule has 1 aromatic carbocycles. The molecule has 1 aliphatic heterocycles. The van der Waals surface area contributed by atoms with Crippen LogP contribution in [0, 0.1) is 23.0 Å². The largest absolute Gasteiger partial charge is 0.326 e. The number of sulfonamides is 1. The van der Waals surface area contributed by atoms with Gasteiger partial charge in [0.1, 0.15) is 0 Å². The normalized spacial score (nSPS) is 24.0. The van der Waals surface area contributed by atoms with Gasteiger partial charge in [0.25, 0.3) is 5.69 Å². The zero-order valence-corrected chi connectivity index (χ0v) is 12.8. The number of benzene rings is 1. The molecule has 2 N–H and O–H groups in total. The molecular weight excluding hydrogens is 294 g/mol. The standard InChI is InChI=1S/C13H19N3O4S/c1-9-6-7-15(8-11(9)14)21(19,20)13-5-3-4-12(10(13)2)16(17)18/h3-5,9,11H,6-8,14H2,1-2H3. The minimum atomic E-state index is -3.76. The van der Waals surface area contributed by atoms with E-state index >= 15 is 0 Å². The second-order valence-corrected chi connectivity index (χ2v) is 7.36. The van der Waals surface area contributed by atoms with Crippen LogP contribution in [0.5, 0.6) is 0 Å². The summed E-state index contributed by atoms with van der Waals surface area (Å²) in [5, 5.41) is 10.9. The molecule has 7 nitrogen and oxygen atoms in total. The molecule has 8 heteroatoms. The molecule has 0 bridgehead atoms. The molecule has 0 amide bonds. The second-order valence-electron chi connectivity index (χ2n) is 5.45. The summed E-state index contributed by atoms with van der Waals surface area (Å²) in [5.41, 5.74) is 5.92. The summed E-state index contributed by atoms with van der Waals surface area (Å²) in [5.74, 6) is 0.266. The smallest absolute Gasteiger partial charge is 0.273 e. The highest BCUT2D eigenvalue weighted by atomic mass is 32.2. The van der Waals surface area contributed by atoms with Gasteiger partial charge < -0.3 is 5.73 Å². The van der Waals surface area contributed by atoms with Crippen LogP contribution in [0.4, 0.5) is 5.69 Å². The van der Waals surface area contributed by atoms with E-state index in [-0.39, 0.29) is 34.7 Å². The van der Waals surface area contributed by atoms with Crippen molar-refractivity contribution in [3.05, 3.63) is 33.9 Å². The van der Waals surface area contributed by atoms with E-state index in [1.165, 1.54) is 29.4 Å². The minimum Gasteiger partial charge on any atom is -0.326 e. The Labute approximate surface area is 123 Å². The predicted octanol–water partition coefficient (Wildman–Crippen LogP) is 1.26. The van der Waals surface area contributed by atoms with Crippen LogP contribution in [0.3, 0.4) is 0 Å². The first kappa shape index (κ1) is 15.9. The maximum Gasteiger partial charge on any atom is 0.273 e. The number of nitrogens with two attached hydrogens (primary N) is 1. The lowest BCUT2D eigenvalue weighted by molar-refractivity contribution is -0.385. The summed E-state index contributed by atoms with van der Waals surface area (Å²) in [6, 6.07) is 3.89. The number of hydrogen-bond acceptors (Lipinski definition) is 5. The van der Waals surface area contributed by atoms with Crippen LogP contribution >= 0.6 is 0 Å². The molecule has 1 aromatic rings. The van der Waals surface area contributed by atoms with E-state index in [0.29, 0.717) is 13.0 Å². The Hall–Kier alpha value is -1.51. The van der Waals surface area contributed by atoms with Gasteiger partial charge in [0, 0.05) is 30.8 Å². The molecule has 1 aliphatic rings. The van der Waals surface area contributed by atoms with Crippen molar-refractivity contribution < 1.29 is 13.3 Å². The fourth-order valence-electron chi connectivity index (χ4n) is 2.51. The Morgan fingerprint density at radius 2 is 2.10 bits per heavy atom. The van der Waals surface area contributed by atoms with Crippen molar-refractivity contribution in [2.75, 3.05) is 13.1 Å². The summed E-state index contributed by atoms with van der Waals surface area (Å²) in [7, 11) is -3.76. The van der Waals surface area contributed by atoms with E-state index in [0.717, 1.165) is 0 Å². The zero-order valence-electron chi connectivity index (χ0n) is 12.0. The number of rotatable bonds is 3. The highest BCUT2D eigenvalue weighted by molar-refractivity contribution is 7.89. The van der Waals surface area contributed by atoms with Crippen molar-refractivity contribution in [1.82, 2.24) is 4.31 Å². The van der Waals surface area contributed by atoms with Crippen LogP contribution < -0.4 is 5.73 Å². The number of nitro benzene ring substituents is 1. The van der Waals surface area contributed by atoms with E-state index in [9.17, 15) is 18.5 Å². The topological polar surface area (TPSA) is 107 Å². The van der Waals surface area contributed by atoms with Crippen molar-refractivity contribution in [1.29, 1.82) is 0 Å². The molecular formula is C13H19N3O4S. The predicted molar refractivity (Wildman–Crippen MR) is 78.3 cm³/mol. The molecule has 0 saturated carbocycles. The van der Waals surface area contributed by atoms with Gasteiger partial charge >= 0.3 is 0 Å². The lowest BCUT2D eigenvalue weighted by Crippen LogP contribution is -2.49. The third-order valence-electron chi connectivity index (χ3n) is 4.05. The first-order valence-corrected chi connectivity index (χ1v) is 8.19. The number of nitro groups is 1. The van der Waals surface area contributed by atoms with E-state index in [1.807, 2.05) is 6.92 Å². The summed E-state index contributed by atoms with van der Waals surface area (Å²) in [6.07, 6.45) is 0.689. The molecule has 0 aromatic heterocycles. The van der Waals surface area contributed by atoms with Gasteiger partial charge in [0.15, 0.2) is 0 Å². The Morgan fingerprint density at radius 1 is 1.43 bits per heavy atom. The van der Waals surface area contributed by atoms with Crippen LogP contribution in [0.15, 0.2) is 23.1 Å². The van der Waals surface area contributed by atoms with Crippen LogP contribution in [0.25, 0.3) is 0 Å². The van der Waals surface area contributed by atoms with E-state index in [1.54, 1.807) is 0 Å². The van der Waals surface area contributed by atoms with Crippen molar-refractivity contribution >= 4 is 15.7 Å². The van der Waals surface area contributed by atoms with Crippen LogP contribution in [0.1, 0.15) is 18.9 Å². The molecule has 0 aliphatic carbocycles. The Morgan fingerprint density at radius 3 is 2.67 bits per heavy atom. The fraction of sp³-hybridized carbons (Fsp3) is 0.538. The lowest BCUT2D eigenvalue weighted by atomic mass is 9.96. The van der Waals surface area contributed by atoms with Crippen LogP contribution in [-0.4, -0.2) is 36.8 Å². The van der Waals surface area contributed by atoms with E-state index in [4.69, 9.17) is 5.73 Å². The first-order valence-electron chi connectivity index (χ1n) is 6.75. The molecule has 21 heavy (non-hydrogen) atoms. The molecule has 1 fully saturated rings. The molecule has 2 atom stereocenters. The van der Waals surface area contributed by atoms with Crippen LogP contribution in [0.2, 0.25) is 0 Å². The van der Waals surface area contributed by atoms with Gasteiger partial charge in [-0.1, -0.05) is 13.0 Å². The fourth-order valence-corrected chi connectivity index (χ4v) is 4.24. The Bertz CT molecular complexity index is 659. The molecule has 1 heterocycles. The summed E-state index contributed by atoms with van der Waals surface area (Å²) < 4.78 is 26.7. The van der Waals surface area contributed by atoms with E-state index < -0.39 is 14.9 Å². The summed E-state index contributed by atoms with van der Waals surface area (Å²) in [4.78, 5) is 10.4. The first-order chi connectivity index (χ1) is 9.75. The maximum absolute atomic E-state index is 12.7. The van der Waals surface area contributed by atoms with E-state index in [2.05, 4.69) is 0 Å². The molecule has 0 spiro atoms. The van der Waals surface area contributed by atoms with Crippen LogP contribution in [-0.2, 0) is 10.0 Å². The summed E-state index contributed by atoms with van der Waals surface area (Å²) >= 11 is 0. The quantitative estimate of drug-likeness (QED) is 0.668. The van der Waals surface area contributed by atoms with Crippen molar-refractivity contribution in [2.45, 2.75) is 31.2 Å². The molecule has 2 rings (SSSR count). The van der Waals surface area contributed by atoms with Gasteiger partial charge in [0.05, 0.1) is 9.82 Å². The number of nitrogens with zero attached hydrogens (tertiary/aromatic N) is 2. The second kappa shape index (κ2) is 5.70. The minimum absolute atomic E-state index is 0.0153. The van der Waals surface area contributed by atoms with Gasteiger partial charge in [-0.05, 0) is 25.3 Å². The SMILES string of the molecule is Cc1c([N+](=O)[O-])cccc1S(=O)(=O)N1CCC(C)C(N)C1. The van der Waals surface area contributed by atoms with Crippen molar-refractivity contribution in [3.63, 3.8) is 0 Å². The van der Waals surface area contributed by atoms with Gasteiger partial charge in [-0.3, -0.25) is 10.1 Å². The van der Waals surface area contributed by atoms with Gasteiger partial charge in [0.2, 0.25) is 10.0 Å². The number of piperidine rings is 1. The third kappa shape index (κ3) is 2.92. The Kier molecular flexibility index (Phi) is 4.31. The lowest BCUT2D eigenvalue weighted by Gasteiger charge is -2.34. The van der Waals surface area contributed by atoms with Crippen molar-refractivity contribution in [2.24, 2.45) is 11.7 Å². The maximum atomic E-state index is 12.7. The average molecular weight is 313 g/mol. The van der Waals surface area contributed by atoms with Gasteiger partial charge in [-0.2, -0.15) is 4.31 Å². The average Bonchev–Trinajstić information content (AvgIpc) is 2.41. The highest BCUT2D eigenvalue weighted by Gasteiger charge is 2.34. The molecule has 116 valence electrons. The number of hydrogen-bond donors (Lipinski definition) is 1. The zero-order chi connectivity index (χ0) is 15.8. The van der Waals surface area contributed by atoms with Gasteiger partial charge in [-0.15, -0.1) is 0 Å². The molecule has 1 saturated heterocycles. The van der Waals surface area contributed by atoms with Gasteiger partial charge in [-0.25, -0.2) is 8.42 Å². The third-order valence-corrected chi connectivity index (χ3v) is 6.06. The summed E-state index contributed by atoms with van der Waals surface area (Å²) in [6.45, 7) is 4.08. The van der Waals surface area contributed by atoms with Crippen molar-refractivity contribution in [3.8, 4) is 0 Å². The Balaban J connectivity index is 2.41. The molecule has 2 unspecified atom stereocenters.